The first-order chi connectivity index (χ1) is 40.5. The predicted octanol–water partition coefficient (Wildman–Crippen LogP) is 24.3. The average Bonchev–Trinajstić information content (AvgIpc) is 3.48. The summed E-state index contributed by atoms with van der Waals surface area (Å²) < 4.78 is 5.49. The number of hydrogen-bond donors (Lipinski definition) is 3. The topological polar surface area (TPSA) is 95.9 Å². The van der Waals surface area contributed by atoms with Gasteiger partial charge in [-0.2, -0.15) is 0 Å². The molecule has 0 aliphatic heterocycles. The van der Waals surface area contributed by atoms with Gasteiger partial charge in [0.25, 0.3) is 0 Å². The van der Waals surface area contributed by atoms with E-state index in [9.17, 15) is 19.8 Å². The molecule has 0 radical (unpaired) electrons. The van der Waals surface area contributed by atoms with Gasteiger partial charge in [0.05, 0.1) is 25.4 Å². The maximum absolute atomic E-state index is 12.5. The second-order valence-corrected chi connectivity index (χ2v) is 25.6. The van der Waals surface area contributed by atoms with E-state index in [1.807, 2.05) is 6.08 Å². The Hall–Kier alpha value is -1.92. The summed E-state index contributed by atoms with van der Waals surface area (Å²) in [6.07, 6.45) is 92.6. The van der Waals surface area contributed by atoms with Gasteiger partial charge in [-0.25, -0.2) is 0 Å². The molecule has 0 aromatic heterocycles. The molecule has 6 nitrogen and oxygen atoms in total. The standard InChI is InChI=1S/C76H145NO5/c1-3-5-7-9-11-13-15-44-48-52-56-60-64-68-74(79)73(72-78)77-75(80)69-65-61-57-53-49-46-42-40-38-36-34-32-30-28-26-24-22-20-18-17-19-21-23-25-27-29-31-33-35-37-39-41-43-47-51-55-59-63-67-71-82-76(81)70-66-62-58-54-50-45-16-14-12-10-8-6-4-2/h17-18,21,23,64,68,73-74,78-79H,3-16,19-20,22,24-63,65-67,69-72H2,1-2H3,(H,77,80)/b18-17-,23-21-,68-64+. The number of nitrogens with one attached hydrogen (secondary N) is 1. The van der Waals surface area contributed by atoms with Crippen molar-refractivity contribution < 1.29 is 24.5 Å². The Labute approximate surface area is 513 Å². The first kappa shape index (κ1) is 80.1. The van der Waals surface area contributed by atoms with Gasteiger partial charge in [0, 0.05) is 12.8 Å². The maximum atomic E-state index is 12.5. The Kier molecular flexibility index (Phi) is 69.9. The fraction of sp³-hybridized carbons (Fsp3) is 0.895. The molecule has 2 unspecified atom stereocenters. The van der Waals surface area contributed by atoms with Crippen LogP contribution in [-0.2, 0) is 14.3 Å². The van der Waals surface area contributed by atoms with Crippen LogP contribution < -0.4 is 5.32 Å². The molecule has 0 aromatic carbocycles. The minimum absolute atomic E-state index is 0.0221. The Morgan fingerprint density at radius 1 is 0.341 bits per heavy atom. The molecular weight excluding hydrogens is 1010 g/mol. The van der Waals surface area contributed by atoms with E-state index in [2.05, 4.69) is 43.5 Å². The van der Waals surface area contributed by atoms with Crippen LogP contribution in [0.4, 0.5) is 0 Å². The van der Waals surface area contributed by atoms with Gasteiger partial charge < -0.3 is 20.3 Å². The molecule has 1 amide bonds. The molecular formula is C76H145NO5. The number of carbonyl (C=O) groups excluding carboxylic acids is 2. The zero-order valence-electron chi connectivity index (χ0n) is 55.5. The van der Waals surface area contributed by atoms with E-state index in [4.69, 9.17) is 4.74 Å². The van der Waals surface area contributed by atoms with Crippen LogP contribution in [0, 0.1) is 0 Å². The van der Waals surface area contributed by atoms with Crippen LogP contribution in [0.2, 0.25) is 0 Å². The van der Waals surface area contributed by atoms with Crippen molar-refractivity contribution in [3.05, 3.63) is 36.5 Å². The first-order valence-electron chi connectivity index (χ1n) is 37.3. The van der Waals surface area contributed by atoms with E-state index in [0.29, 0.717) is 19.4 Å². The van der Waals surface area contributed by atoms with Crippen LogP contribution in [-0.4, -0.2) is 47.4 Å². The van der Waals surface area contributed by atoms with Gasteiger partial charge in [0.15, 0.2) is 0 Å². The number of esters is 1. The van der Waals surface area contributed by atoms with Crippen molar-refractivity contribution in [1.82, 2.24) is 5.32 Å². The highest BCUT2D eigenvalue weighted by atomic mass is 16.5. The van der Waals surface area contributed by atoms with Crippen molar-refractivity contribution in [3.63, 3.8) is 0 Å². The van der Waals surface area contributed by atoms with Gasteiger partial charge in [-0.1, -0.05) is 371 Å². The monoisotopic (exact) mass is 1150 g/mol. The number of carbonyl (C=O) groups is 2. The highest BCUT2D eigenvalue weighted by molar-refractivity contribution is 5.76. The van der Waals surface area contributed by atoms with Crippen LogP contribution in [0.15, 0.2) is 36.5 Å². The minimum Gasteiger partial charge on any atom is -0.466 e. The Morgan fingerprint density at radius 2 is 0.610 bits per heavy atom. The Morgan fingerprint density at radius 3 is 0.927 bits per heavy atom. The van der Waals surface area contributed by atoms with Gasteiger partial charge in [0.2, 0.25) is 5.91 Å². The summed E-state index contributed by atoms with van der Waals surface area (Å²) >= 11 is 0. The lowest BCUT2D eigenvalue weighted by molar-refractivity contribution is -0.143. The van der Waals surface area contributed by atoms with Crippen LogP contribution in [0.5, 0.6) is 0 Å². The van der Waals surface area contributed by atoms with Crippen molar-refractivity contribution in [2.45, 2.75) is 424 Å². The number of ether oxygens (including phenoxy) is 1. The van der Waals surface area contributed by atoms with Gasteiger partial charge in [-0.15, -0.1) is 0 Å². The van der Waals surface area contributed by atoms with E-state index in [1.165, 1.54) is 340 Å². The summed E-state index contributed by atoms with van der Waals surface area (Å²) in [7, 11) is 0. The molecule has 0 rings (SSSR count). The molecule has 0 bridgehead atoms. The normalized spacial score (nSPS) is 12.7. The van der Waals surface area contributed by atoms with Gasteiger partial charge >= 0.3 is 5.97 Å². The largest absolute Gasteiger partial charge is 0.466 e. The summed E-state index contributed by atoms with van der Waals surface area (Å²) in [5.74, 6) is -0.0413. The highest BCUT2D eigenvalue weighted by Gasteiger charge is 2.18. The van der Waals surface area contributed by atoms with Crippen molar-refractivity contribution in [2.24, 2.45) is 0 Å². The average molecular weight is 1150 g/mol. The van der Waals surface area contributed by atoms with Crippen molar-refractivity contribution in [3.8, 4) is 0 Å². The van der Waals surface area contributed by atoms with Crippen molar-refractivity contribution in [2.75, 3.05) is 13.2 Å². The fourth-order valence-electron chi connectivity index (χ4n) is 11.7. The molecule has 0 aromatic rings. The second-order valence-electron chi connectivity index (χ2n) is 25.6. The van der Waals surface area contributed by atoms with Crippen molar-refractivity contribution in [1.29, 1.82) is 0 Å². The molecule has 82 heavy (non-hydrogen) atoms. The third kappa shape index (κ3) is 67.2. The van der Waals surface area contributed by atoms with Crippen molar-refractivity contribution >= 4 is 11.9 Å². The second kappa shape index (κ2) is 71.6. The Bertz CT molecular complexity index is 1330. The SMILES string of the molecule is CCCCCCCCCCCCC/C=C/C(O)C(CO)NC(=O)CCCCCCCCCCCCCCCCCCC/C=C\C/C=C\CCCCCCCCCCCCCCCCCOC(=O)CCCCCCCCCCCCCCC. The summed E-state index contributed by atoms with van der Waals surface area (Å²) in [4.78, 5) is 24.5. The Balaban J connectivity index is 3.35. The number of aliphatic hydroxyl groups is 2. The third-order valence-electron chi connectivity index (χ3n) is 17.4. The first-order valence-corrected chi connectivity index (χ1v) is 37.3. The summed E-state index contributed by atoms with van der Waals surface area (Å²) in [6.45, 7) is 4.93. The zero-order valence-corrected chi connectivity index (χ0v) is 55.5. The van der Waals surface area contributed by atoms with E-state index in [1.54, 1.807) is 6.08 Å². The lowest BCUT2D eigenvalue weighted by atomic mass is 10.0. The molecule has 0 heterocycles. The number of hydrogen-bond acceptors (Lipinski definition) is 5. The molecule has 0 aliphatic carbocycles. The number of rotatable bonds is 70. The van der Waals surface area contributed by atoms with E-state index in [-0.39, 0.29) is 18.5 Å². The lowest BCUT2D eigenvalue weighted by Gasteiger charge is -2.20. The van der Waals surface area contributed by atoms with Crippen LogP contribution in [0.1, 0.15) is 412 Å². The van der Waals surface area contributed by atoms with E-state index < -0.39 is 12.1 Å². The molecule has 484 valence electrons. The zero-order chi connectivity index (χ0) is 59.2. The lowest BCUT2D eigenvalue weighted by Crippen LogP contribution is -2.45. The quantitative estimate of drug-likeness (QED) is 0.0320. The molecule has 3 N–H and O–H groups in total. The van der Waals surface area contributed by atoms with E-state index >= 15 is 0 Å². The predicted molar refractivity (Wildman–Crippen MR) is 361 cm³/mol. The molecule has 2 atom stereocenters. The van der Waals surface area contributed by atoms with E-state index in [0.717, 1.165) is 44.9 Å². The maximum Gasteiger partial charge on any atom is 0.305 e. The highest BCUT2D eigenvalue weighted by Crippen LogP contribution is 2.19. The molecule has 0 fully saturated rings. The summed E-state index contributed by atoms with van der Waals surface area (Å²) in [6, 6.07) is -0.625. The number of unbranched alkanes of at least 4 members (excludes halogenated alkanes) is 55. The van der Waals surface area contributed by atoms with Gasteiger partial charge in [0.1, 0.15) is 0 Å². The van der Waals surface area contributed by atoms with Gasteiger partial charge in [-0.05, 0) is 64.2 Å². The minimum atomic E-state index is -0.841. The fourth-order valence-corrected chi connectivity index (χ4v) is 11.7. The van der Waals surface area contributed by atoms with Crippen LogP contribution in [0.25, 0.3) is 0 Å². The smallest absolute Gasteiger partial charge is 0.305 e. The molecule has 0 spiro atoms. The summed E-state index contributed by atoms with van der Waals surface area (Å²) in [5, 5.41) is 23.1. The van der Waals surface area contributed by atoms with Crippen LogP contribution in [0.3, 0.4) is 0 Å². The van der Waals surface area contributed by atoms with Gasteiger partial charge in [-0.3, -0.25) is 9.59 Å². The molecule has 6 heteroatoms. The third-order valence-corrected chi connectivity index (χ3v) is 17.4. The number of aliphatic hydroxyl groups excluding tert-OH is 2. The number of amides is 1. The van der Waals surface area contributed by atoms with Crippen LogP contribution >= 0.6 is 0 Å². The molecule has 0 saturated carbocycles. The molecule has 0 saturated heterocycles. The number of allylic oxidation sites excluding steroid dienone is 5. The summed E-state index contributed by atoms with van der Waals surface area (Å²) in [5.41, 5.74) is 0. The molecule has 0 aliphatic rings.